The van der Waals surface area contributed by atoms with Crippen LogP contribution in [0.25, 0.3) is 0 Å². The van der Waals surface area contributed by atoms with Crippen molar-refractivity contribution in [2.75, 3.05) is 14.2 Å². The summed E-state index contributed by atoms with van der Waals surface area (Å²) < 4.78 is 4.25. The van der Waals surface area contributed by atoms with Crippen molar-refractivity contribution in [2.24, 2.45) is 0 Å². The van der Waals surface area contributed by atoms with Gasteiger partial charge in [0.15, 0.2) is 0 Å². The Labute approximate surface area is 38.7 Å². The first-order valence-electron chi connectivity index (χ1n) is 1.32. The van der Waals surface area contributed by atoms with Crippen molar-refractivity contribution in [3.05, 3.63) is 13.2 Å². The molecule has 2 N–H and O–H groups in total. The van der Waals surface area contributed by atoms with Crippen molar-refractivity contribution in [1.82, 2.24) is 0 Å². The molecule has 0 fully saturated rings. The van der Waals surface area contributed by atoms with E-state index >= 15 is 0 Å². The zero-order valence-electron chi connectivity index (χ0n) is 4.32. The van der Waals surface area contributed by atoms with Gasteiger partial charge in [0.2, 0.25) is 0 Å². The average Bonchev–Trinajstić information content (AvgIpc) is 1.46. The third kappa shape index (κ3) is 224. The van der Waals surface area contributed by atoms with Gasteiger partial charge in [-0.25, -0.2) is 0 Å². The van der Waals surface area contributed by atoms with Crippen molar-refractivity contribution in [3.8, 4) is 0 Å². The summed E-state index contributed by atoms with van der Waals surface area (Å²) in [6.07, 6.45) is 0. The lowest BCUT2D eigenvalue weighted by molar-refractivity contribution is 0.277. The molecule has 40 valence electrons. The minimum Gasteiger partial charge on any atom is -0.412 e. The second-order valence-electron chi connectivity index (χ2n) is 0.408. The minimum absolute atomic E-state index is 0. The highest BCUT2D eigenvalue weighted by Crippen LogP contribution is 1.28. The Hall–Kier alpha value is -0.340. The second-order valence-corrected chi connectivity index (χ2v) is 0.408. The lowest BCUT2D eigenvalue weighted by Gasteiger charge is -1.61. The van der Waals surface area contributed by atoms with Crippen molar-refractivity contribution < 1.29 is 10.2 Å². The molecule has 0 aromatic rings. The molecule has 0 saturated carbocycles. The number of hydrogen-bond acceptors (Lipinski definition) is 1. The highest BCUT2D eigenvalue weighted by atomic mass is 16.4. The molecule has 0 aromatic carbocycles. The molecule has 2 heteroatoms. The fourth-order valence-electron chi connectivity index (χ4n) is 0. The maximum absolute atomic E-state index is 4.25. The van der Waals surface area contributed by atoms with Crippen LogP contribution >= 0.6 is 0 Å². The molecule has 0 aromatic heterocycles. The van der Waals surface area contributed by atoms with Crippen molar-refractivity contribution >= 4 is 0 Å². The number of hydrogen-bond donors (Lipinski definition) is 0. The first-order valence-corrected chi connectivity index (χ1v) is 1.32. The molecule has 0 atom stereocenters. The molecular weight excluding hydrogens is 80.0 g/mol. The molecule has 0 rings (SSSR count). The maximum Gasteiger partial charge on any atom is 0.0351 e. The fourth-order valence-corrected chi connectivity index (χ4v) is 0. The summed E-state index contributed by atoms with van der Waals surface area (Å²) in [6, 6.07) is 0. The van der Waals surface area contributed by atoms with Gasteiger partial charge in [0.1, 0.15) is 0 Å². The molecule has 0 amide bonds. The second kappa shape index (κ2) is 143. The third-order valence-corrected chi connectivity index (χ3v) is 0. The zero-order valence-corrected chi connectivity index (χ0v) is 4.32. The largest absolute Gasteiger partial charge is 0.412 e. The summed E-state index contributed by atoms with van der Waals surface area (Å²) in [5.41, 5.74) is 0. The summed E-state index contributed by atoms with van der Waals surface area (Å²) in [5, 5.41) is 0. The van der Waals surface area contributed by atoms with Gasteiger partial charge in [-0.3, -0.25) is 0 Å². The molecule has 0 aliphatic rings. The first-order chi connectivity index (χ1) is 2.41. The molecule has 0 aliphatic carbocycles. The smallest absolute Gasteiger partial charge is 0.0351 e. The molecule has 0 radical (unpaired) electrons. The molecule has 6 heavy (non-hydrogen) atoms. The Morgan fingerprint density at radius 1 is 1.17 bits per heavy atom. The van der Waals surface area contributed by atoms with E-state index in [1.807, 2.05) is 0 Å². The van der Waals surface area contributed by atoms with Crippen molar-refractivity contribution in [3.63, 3.8) is 0 Å². The van der Waals surface area contributed by atoms with Gasteiger partial charge >= 0.3 is 0 Å². The average molecular weight is 92.1 g/mol. The van der Waals surface area contributed by atoms with Crippen molar-refractivity contribution in [2.45, 2.75) is 0 Å². The van der Waals surface area contributed by atoms with Gasteiger partial charge in [-0.15, -0.1) is 13.2 Å². The van der Waals surface area contributed by atoms with Gasteiger partial charge in [-0.2, -0.15) is 0 Å². The number of ether oxygens (including phenoxy) is 1. The Morgan fingerprint density at radius 2 is 1.17 bits per heavy atom. The standard InChI is InChI=1S/C2H6O.C2H4.H2O/c1-3-2;1-2;/h1-2H3;1-2H2;1H2. The predicted molar refractivity (Wildman–Crippen MR) is 27.8 cm³/mol. The minimum atomic E-state index is 0. The third-order valence-electron chi connectivity index (χ3n) is 0. The van der Waals surface area contributed by atoms with E-state index in [1.165, 1.54) is 0 Å². The van der Waals surface area contributed by atoms with Gasteiger partial charge in [0.25, 0.3) is 0 Å². The summed E-state index contributed by atoms with van der Waals surface area (Å²) in [6.45, 7) is 6.00. The maximum atomic E-state index is 4.25. The van der Waals surface area contributed by atoms with Crippen LogP contribution in [0.5, 0.6) is 0 Å². The molecule has 0 saturated heterocycles. The van der Waals surface area contributed by atoms with Crippen LogP contribution in [0.2, 0.25) is 0 Å². The first kappa shape index (κ1) is 17.4. The number of rotatable bonds is 0. The highest BCUT2D eigenvalue weighted by molar-refractivity contribution is 4.22. The Balaban J connectivity index is -0.0000000275. The molecule has 0 bridgehead atoms. The summed E-state index contributed by atoms with van der Waals surface area (Å²) in [4.78, 5) is 0. The lowest BCUT2D eigenvalue weighted by atomic mass is 11.3. The molecular formula is C4H12O2. The summed E-state index contributed by atoms with van der Waals surface area (Å²) >= 11 is 0. The zero-order chi connectivity index (χ0) is 4.71. The number of methoxy groups -OCH3 is 1. The van der Waals surface area contributed by atoms with E-state index in [9.17, 15) is 0 Å². The monoisotopic (exact) mass is 92.1 g/mol. The van der Waals surface area contributed by atoms with Crippen LogP contribution in [-0.2, 0) is 4.74 Å². The van der Waals surface area contributed by atoms with Gasteiger partial charge in [-0.1, -0.05) is 0 Å². The summed E-state index contributed by atoms with van der Waals surface area (Å²) in [7, 11) is 3.25. The SMILES string of the molecule is C=C.COC.O. The van der Waals surface area contributed by atoms with Crippen LogP contribution in [0, 0.1) is 0 Å². The van der Waals surface area contributed by atoms with Crippen molar-refractivity contribution in [1.29, 1.82) is 0 Å². The van der Waals surface area contributed by atoms with Crippen LogP contribution in [0.3, 0.4) is 0 Å². The van der Waals surface area contributed by atoms with Gasteiger partial charge in [0.05, 0.1) is 0 Å². The molecule has 0 unspecified atom stereocenters. The van der Waals surface area contributed by atoms with Crippen LogP contribution in [0.15, 0.2) is 13.2 Å². The normalized spacial score (nSPS) is 3.67. The fraction of sp³-hybridized carbons (Fsp3) is 0.500. The van der Waals surface area contributed by atoms with E-state index in [0.29, 0.717) is 0 Å². The molecule has 0 spiro atoms. The van der Waals surface area contributed by atoms with Crippen LogP contribution in [0.1, 0.15) is 0 Å². The van der Waals surface area contributed by atoms with Gasteiger partial charge in [0, 0.05) is 14.2 Å². The quantitative estimate of drug-likeness (QED) is 0.394. The lowest BCUT2D eigenvalue weighted by Crippen LogP contribution is -1.55. The Bertz CT molecular complexity index is 9.51. The molecule has 0 aliphatic heterocycles. The van der Waals surface area contributed by atoms with E-state index in [1.54, 1.807) is 14.2 Å². The predicted octanol–water partition coefficient (Wildman–Crippen LogP) is 0.240. The van der Waals surface area contributed by atoms with Gasteiger partial charge < -0.3 is 10.2 Å². The topological polar surface area (TPSA) is 40.7 Å². The summed E-state index contributed by atoms with van der Waals surface area (Å²) in [5.74, 6) is 0. The van der Waals surface area contributed by atoms with E-state index in [0.717, 1.165) is 0 Å². The van der Waals surface area contributed by atoms with Crippen LogP contribution < -0.4 is 0 Å². The molecule has 2 nitrogen and oxygen atoms in total. The Kier molecular flexibility index (Phi) is 415. The van der Waals surface area contributed by atoms with E-state index in [-0.39, 0.29) is 5.48 Å². The van der Waals surface area contributed by atoms with E-state index in [2.05, 4.69) is 17.9 Å². The van der Waals surface area contributed by atoms with Crippen LogP contribution in [-0.4, -0.2) is 19.7 Å². The molecule has 0 heterocycles. The van der Waals surface area contributed by atoms with E-state index in [4.69, 9.17) is 0 Å². The Morgan fingerprint density at radius 3 is 1.17 bits per heavy atom. The highest BCUT2D eigenvalue weighted by Gasteiger charge is 1.25. The van der Waals surface area contributed by atoms with Crippen LogP contribution in [0.4, 0.5) is 0 Å². The van der Waals surface area contributed by atoms with E-state index < -0.39 is 0 Å². The van der Waals surface area contributed by atoms with Gasteiger partial charge in [-0.05, 0) is 0 Å².